The highest BCUT2D eigenvalue weighted by molar-refractivity contribution is 6.33. The number of halogens is 4. The fourth-order valence-corrected chi connectivity index (χ4v) is 1.16. The summed E-state index contributed by atoms with van der Waals surface area (Å²) in [4.78, 5) is 0. The van der Waals surface area contributed by atoms with E-state index in [-0.39, 0.29) is 29.5 Å². The van der Waals surface area contributed by atoms with Crippen LogP contribution in [0.15, 0.2) is 12.1 Å². The molecule has 0 saturated carbocycles. The van der Waals surface area contributed by atoms with Gasteiger partial charge in [0.15, 0.2) is 0 Å². The van der Waals surface area contributed by atoms with Crippen LogP contribution in [0.25, 0.3) is 0 Å². The molecular formula is C7H7Cl3FN. The van der Waals surface area contributed by atoms with Gasteiger partial charge in [-0.1, -0.05) is 23.2 Å². The summed E-state index contributed by atoms with van der Waals surface area (Å²) in [6, 6.07) is 2.92. The van der Waals surface area contributed by atoms with Crippen LogP contribution < -0.4 is 5.73 Å². The van der Waals surface area contributed by atoms with E-state index in [4.69, 9.17) is 28.9 Å². The van der Waals surface area contributed by atoms with E-state index in [0.717, 1.165) is 0 Å². The van der Waals surface area contributed by atoms with E-state index in [2.05, 4.69) is 0 Å². The van der Waals surface area contributed by atoms with Gasteiger partial charge in [0.25, 0.3) is 0 Å². The molecule has 0 aromatic heterocycles. The van der Waals surface area contributed by atoms with E-state index >= 15 is 0 Å². The fourth-order valence-electron chi connectivity index (χ4n) is 0.756. The van der Waals surface area contributed by atoms with Crippen molar-refractivity contribution in [1.29, 1.82) is 0 Å². The summed E-state index contributed by atoms with van der Waals surface area (Å²) in [6.45, 7) is 0.0607. The Bertz CT molecular complexity index is 278. The van der Waals surface area contributed by atoms with Crippen LogP contribution in [0.3, 0.4) is 0 Å². The monoisotopic (exact) mass is 229 g/mol. The molecule has 0 bridgehead atoms. The van der Waals surface area contributed by atoms with Gasteiger partial charge >= 0.3 is 0 Å². The predicted octanol–water partition coefficient (Wildman–Crippen LogP) is 3.01. The maximum absolute atomic E-state index is 13.0. The zero-order valence-corrected chi connectivity index (χ0v) is 8.31. The quantitative estimate of drug-likeness (QED) is 0.738. The lowest BCUT2D eigenvalue weighted by atomic mass is 10.2. The number of hydrogen-bond donors (Lipinski definition) is 1. The molecule has 1 aromatic rings. The van der Waals surface area contributed by atoms with Crippen LogP contribution in [0.5, 0.6) is 0 Å². The van der Waals surface area contributed by atoms with E-state index in [1.807, 2.05) is 0 Å². The Balaban J connectivity index is 0.00000121. The van der Waals surface area contributed by atoms with Gasteiger partial charge in [-0.2, -0.15) is 0 Å². The molecule has 2 N–H and O–H groups in total. The van der Waals surface area contributed by atoms with Crippen LogP contribution in [-0.4, -0.2) is 0 Å². The molecule has 0 radical (unpaired) electrons. The van der Waals surface area contributed by atoms with E-state index in [1.165, 1.54) is 12.1 Å². The van der Waals surface area contributed by atoms with E-state index in [0.29, 0.717) is 5.02 Å². The molecule has 1 rings (SSSR count). The molecule has 0 spiro atoms. The highest BCUT2D eigenvalue weighted by Gasteiger charge is 2.08. The highest BCUT2D eigenvalue weighted by Crippen LogP contribution is 2.24. The maximum atomic E-state index is 13.0. The first kappa shape index (κ1) is 12.0. The van der Waals surface area contributed by atoms with Crippen molar-refractivity contribution in [3.05, 3.63) is 33.6 Å². The van der Waals surface area contributed by atoms with Crippen molar-refractivity contribution >= 4 is 35.6 Å². The molecular weight excluding hydrogens is 223 g/mol. The lowest BCUT2D eigenvalue weighted by molar-refractivity contribution is 0.611. The standard InChI is InChI=1S/C7H6Cl2FN.ClH/c8-5-1-2-6(9)7(10)4(5)3-11;/h1-2H,3,11H2;1H. The van der Waals surface area contributed by atoms with Crippen molar-refractivity contribution in [2.24, 2.45) is 5.73 Å². The van der Waals surface area contributed by atoms with Crippen LogP contribution in [0, 0.1) is 5.82 Å². The SMILES string of the molecule is Cl.NCc1c(Cl)ccc(Cl)c1F. The predicted molar refractivity (Wildman–Crippen MR) is 51.6 cm³/mol. The second-order valence-electron chi connectivity index (χ2n) is 2.03. The van der Waals surface area contributed by atoms with E-state index in [9.17, 15) is 4.39 Å². The molecule has 0 fully saturated rings. The minimum Gasteiger partial charge on any atom is -0.326 e. The number of rotatable bonds is 1. The summed E-state index contributed by atoms with van der Waals surface area (Å²) in [5.74, 6) is -0.526. The second-order valence-corrected chi connectivity index (χ2v) is 2.84. The van der Waals surface area contributed by atoms with Crippen molar-refractivity contribution < 1.29 is 4.39 Å². The Labute approximate surface area is 86.1 Å². The first-order valence-electron chi connectivity index (χ1n) is 2.99. The summed E-state index contributed by atoms with van der Waals surface area (Å²) >= 11 is 11.1. The topological polar surface area (TPSA) is 26.0 Å². The first-order chi connectivity index (χ1) is 5.16. The van der Waals surface area contributed by atoms with Crippen molar-refractivity contribution in [3.8, 4) is 0 Å². The summed E-state index contributed by atoms with van der Waals surface area (Å²) < 4.78 is 13.0. The van der Waals surface area contributed by atoms with Crippen molar-refractivity contribution in [2.75, 3.05) is 0 Å². The van der Waals surface area contributed by atoms with Gasteiger partial charge in [0.2, 0.25) is 0 Å². The molecule has 5 heteroatoms. The molecule has 0 aliphatic heterocycles. The molecule has 68 valence electrons. The Hall–Kier alpha value is -0.0200. The molecule has 0 saturated heterocycles. The molecule has 0 unspecified atom stereocenters. The Morgan fingerprint density at radius 1 is 1.25 bits per heavy atom. The molecule has 0 atom stereocenters. The van der Waals surface area contributed by atoms with Gasteiger partial charge in [0, 0.05) is 17.1 Å². The highest BCUT2D eigenvalue weighted by atomic mass is 35.5. The number of hydrogen-bond acceptors (Lipinski definition) is 1. The third kappa shape index (κ3) is 2.23. The smallest absolute Gasteiger partial charge is 0.147 e. The molecule has 0 heterocycles. The van der Waals surface area contributed by atoms with Crippen LogP contribution >= 0.6 is 35.6 Å². The Morgan fingerprint density at radius 3 is 2.17 bits per heavy atom. The van der Waals surface area contributed by atoms with E-state index < -0.39 is 5.82 Å². The summed E-state index contributed by atoms with van der Waals surface area (Å²) in [7, 11) is 0. The summed E-state index contributed by atoms with van der Waals surface area (Å²) in [5, 5.41) is 0.365. The van der Waals surface area contributed by atoms with Crippen LogP contribution in [-0.2, 0) is 6.54 Å². The minimum atomic E-state index is -0.526. The van der Waals surface area contributed by atoms with Gasteiger partial charge in [0.05, 0.1) is 5.02 Å². The molecule has 0 amide bonds. The van der Waals surface area contributed by atoms with Gasteiger partial charge in [-0.3, -0.25) is 0 Å². The van der Waals surface area contributed by atoms with Gasteiger partial charge in [-0.15, -0.1) is 12.4 Å². The third-order valence-electron chi connectivity index (χ3n) is 1.34. The second kappa shape index (κ2) is 4.87. The fraction of sp³-hybridized carbons (Fsp3) is 0.143. The van der Waals surface area contributed by atoms with Crippen molar-refractivity contribution in [2.45, 2.75) is 6.54 Å². The molecule has 1 nitrogen and oxygen atoms in total. The van der Waals surface area contributed by atoms with Crippen LogP contribution in [0.1, 0.15) is 5.56 Å². The van der Waals surface area contributed by atoms with Gasteiger partial charge in [-0.25, -0.2) is 4.39 Å². The molecule has 1 aromatic carbocycles. The summed E-state index contributed by atoms with van der Waals surface area (Å²) in [5.41, 5.74) is 5.50. The van der Waals surface area contributed by atoms with Gasteiger partial charge < -0.3 is 5.73 Å². The Kier molecular flexibility index (Phi) is 4.87. The normalized spacial score (nSPS) is 9.33. The lowest BCUT2D eigenvalue weighted by Crippen LogP contribution is -2.00. The van der Waals surface area contributed by atoms with Crippen molar-refractivity contribution in [3.63, 3.8) is 0 Å². The molecule has 12 heavy (non-hydrogen) atoms. The zero-order valence-electron chi connectivity index (χ0n) is 5.98. The lowest BCUT2D eigenvalue weighted by Gasteiger charge is -2.02. The minimum absolute atomic E-state index is 0. The average molecular weight is 230 g/mol. The molecule has 0 aliphatic carbocycles. The molecule has 0 aliphatic rings. The van der Waals surface area contributed by atoms with Crippen LogP contribution in [0.4, 0.5) is 4.39 Å². The third-order valence-corrected chi connectivity index (χ3v) is 1.99. The van der Waals surface area contributed by atoms with Gasteiger partial charge in [-0.05, 0) is 12.1 Å². The first-order valence-corrected chi connectivity index (χ1v) is 3.75. The zero-order chi connectivity index (χ0) is 8.43. The van der Waals surface area contributed by atoms with Crippen LogP contribution in [0.2, 0.25) is 10.0 Å². The Morgan fingerprint density at radius 2 is 1.75 bits per heavy atom. The van der Waals surface area contributed by atoms with E-state index in [1.54, 1.807) is 0 Å². The van der Waals surface area contributed by atoms with Gasteiger partial charge in [0.1, 0.15) is 5.82 Å². The number of nitrogens with two attached hydrogens (primary N) is 1. The van der Waals surface area contributed by atoms with Crippen molar-refractivity contribution in [1.82, 2.24) is 0 Å². The average Bonchev–Trinajstić information content (AvgIpc) is 1.99. The maximum Gasteiger partial charge on any atom is 0.147 e. The largest absolute Gasteiger partial charge is 0.326 e. The number of benzene rings is 1. The summed E-state index contributed by atoms with van der Waals surface area (Å²) in [6.07, 6.45) is 0.